The van der Waals surface area contributed by atoms with Crippen molar-refractivity contribution >= 4 is 11.9 Å². The molecule has 0 saturated heterocycles. The number of hydrogen-bond donors (Lipinski definition) is 0. The summed E-state index contributed by atoms with van der Waals surface area (Å²) in [6, 6.07) is 13.0. The van der Waals surface area contributed by atoms with Crippen LogP contribution in [0.5, 0.6) is 17.2 Å². The summed E-state index contributed by atoms with van der Waals surface area (Å²) in [6.07, 6.45) is 3.75. The average molecular weight is 346 g/mol. The van der Waals surface area contributed by atoms with E-state index >= 15 is 0 Å². The third kappa shape index (κ3) is 3.14. The number of rotatable bonds is 4. The predicted molar refractivity (Wildman–Crippen MR) is 99.7 cm³/mol. The van der Waals surface area contributed by atoms with Crippen molar-refractivity contribution in [1.29, 1.82) is 0 Å². The molecule has 0 spiro atoms. The fraction of sp³-hybridized carbons (Fsp3) is 0.136. The van der Waals surface area contributed by atoms with Crippen LogP contribution in [-0.2, 0) is 0 Å². The lowest BCUT2D eigenvalue weighted by atomic mass is 10.1. The van der Waals surface area contributed by atoms with Gasteiger partial charge in [-0.05, 0) is 48.4 Å². The predicted octanol–water partition coefficient (Wildman–Crippen LogP) is 4.58. The van der Waals surface area contributed by atoms with Crippen LogP contribution >= 0.6 is 0 Å². The van der Waals surface area contributed by atoms with Gasteiger partial charge in [-0.3, -0.25) is 4.79 Å². The van der Waals surface area contributed by atoms with Crippen LogP contribution in [0, 0.1) is 0 Å². The maximum absolute atomic E-state index is 12.6. The van der Waals surface area contributed by atoms with Crippen LogP contribution in [0.15, 0.2) is 72.0 Å². The first-order chi connectivity index (χ1) is 12.6. The maximum Gasteiger partial charge on any atom is 0.231 e. The van der Waals surface area contributed by atoms with Crippen molar-refractivity contribution in [2.24, 2.45) is 0 Å². The van der Waals surface area contributed by atoms with Crippen molar-refractivity contribution in [2.45, 2.75) is 6.92 Å². The molecule has 4 rings (SSSR count). The molecule has 2 heterocycles. The lowest BCUT2D eigenvalue weighted by Crippen LogP contribution is -2.08. The zero-order valence-electron chi connectivity index (χ0n) is 14.5. The Labute approximate surface area is 152 Å². The number of para-hydroxylation sites is 1. The van der Waals surface area contributed by atoms with Crippen molar-refractivity contribution in [3.05, 3.63) is 83.2 Å². The number of ether oxygens (including phenoxy) is 3. The first-order valence-electron chi connectivity index (χ1n) is 8.38. The van der Waals surface area contributed by atoms with Crippen molar-refractivity contribution in [1.82, 2.24) is 0 Å². The minimum absolute atomic E-state index is 0.133. The number of hydrogen-bond acceptors (Lipinski definition) is 4. The fourth-order valence-electron chi connectivity index (χ4n) is 2.85. The first kappa shape index (κ1) is 16.2. The van der Waals surface area contributed by atoms with Crippen LogP contribution in [-0.4, -0.2) is 19.0 Å². The number of carbonyl (C=O) groups is 1. The number of fused-ring (bicyclic) bond motifs is 2. The second-order valence-corrected chi connectivity index (χ2v) is 6.39. The van der Waals surface area contributed by atoms with Gasteiger partial charge in [-0.1, -0.05) is 24.8 Å². The van der Waals surface area contributed by atoms with Gasteiger partial charge in [0.25, 0.3) is 0 Å². The van der Waals surface area contributed by atoms with E-state index in [0.717, 1.165) is 22.5 Å². The van der Waals surface area contributed by atoms with Crippen LogP contribution < -0.4 is 14.2 Å². The van der Waals surface area contributed by atoms with Crippen LogP contribution in [0.3, 0.4) is 0 Å². The Hall–Kier alpha value is -3.27. The van der Waals surface area contributed by atoms with Crippen molar-refractivity contribution in [3.63, 3.8) is 0 Å². The quantitative estimate of drug-likeness (QED) is 0.601. The lowest BCUT2D eigenvalue weighted by Gasteiger charge is -2.15. The van der Waals surface area contributed by atoms with Gasteiger partial charge in [0.05, 0.1) is 5.56 Å². The van der Waals surface area contributed by atoms with Gasteiger partial charge in [-0.2, -0.15) is 0 Å². The van der Waals surface area contributed by atoms with E-state index in [4.69, 9.17) is 14.2 Å². The van der Waals surface area contributed by atoms with E-state index in [1.807, 2.05) is 37.3 Å². The van der Waals surface area contributed by atoms with E-state index in [9.17, 15) is 4.79 Å². The van der Waals surface area contributed by atoms with Gasteiger partial charge in [-0.25, -0.2) is 0 Å². The highest BCUT2D eigenvalue weighted by atomic mass is 16.5. The molecular weight excluding hydrogens is 328 g/mol. The Kier molecular flexibility index (Phi) is 4.09. The van der Waals surface area contributed by atoms with Crippen molar-refractivity contribution in [3.8, 4) is 17.2 Å². The molecule has 0 bridgehead atoms. The van der Waals surface area contributed by atoms with E-state index in [1.54, 1.807) is 24.3 Å². The molecule has 0 fully saturated rings. The van der Waals surface area contributed by atoms with E-state index in [-0.39, 0.29) is 5.78 Å². The summed E-state index contributed by atoms with van der Waals surface area (Å²) in [6.45, 7) is 6.54. The largest absolute Gasteiger partial charge is 0.489 e. The van der Waals surface area contributed by atoms with Crippen molar-refractivity contribution < 1.29 is 19.0 Å². The molecule has 2 aliphatic heterocycles. The smallest absolute Gasteiger partial charge is 0.231 e. The zero-order valence-corrected chi connectivity index (χ0v) is 14.5. The van der Waals surface area contributed by atoms with Gasteiger partial charge in [0.1, 0.15) is 30.5 Å². The minimum Gasteiger partial charge on any atom is -0.489 e. The normalized spacial score (nSPS) is 16.3. The summed E-state index contributed by atoms with van der Waals surface area (Å²) in [7, 11) is 0. The molecule has 0 aliphatic carbocycles. The van der Waals surface area contributed by atoms with E-state index in [0.29, 0.717) is 36.0 Å². The summed E-state index contributed by atoms with van der Waals surface area (Å²) < 4.78 is 17.1. The van der Waals surface area contributed by atoms with Gasteiger partial charge in [-0.15, -0.1) is 0 Å². The van der Waals surface area contributed by atoms with Crippen LogP contribution in [0.1, 0.15) is 22.8 Å². The van der Waals surface area contributed by atoms with E-state index in [2.05, 4.69) is 6.58 Å². The molecule has 2 aromatic carbocycles. The second kappa shape index (κ2) is 6.56. The SMILES string of the molecule is C=C(C)COc1ccc2c(c1)OC(=CC1=Cc3ccccc3OC1)C2=O. The molecule has 0 amide bonds. The summed E-state index contributed by atoms with van der Waals surface area (Å²) in [5.41, 5.74) is 3.34. The van der Waals surface area contributed by atoms with Gasteiger partial charge >= 0.3 is 0 Å². The summed E-state index contributed by atoms with van der Waals surface area (Å²) in [4.78, 5) is 12.6. The van der Waals surface area contributed by atoms with Gasteiger partial charge < -0.3 is 14.2 Å². The standard InChI is InChI=1S/C22H18O4/c1-14(2)12-24-17-7-8-18-20(11-17)26-21(22(18)23)10-15-9-16-5-3-4-6-19(16)25-13-15/h3-11H,1,12-13H2,2H3. The molecule has 2 aromatic rings. The molecule has 0 N–H and O–H groups in total. The molecular formula is C22H18O4. The Bertz CT molecular complexity index is 966. The fourth-order valence-corrected chi connectivity index (χ4v) is 2.85. The Morgan fingerprint density at radius 2 is 2.08 bits per heavy atom. The molecule has 130 valence electrons. The van der Waals surface area contributed by atoms with Crippen LogP contribution in [0.2, 0.25) is 0 Å². The molecule has 4 nitrogen and oxygen atoms in total. The Morgan fingerprint density at radius 3 is 2.92 bits per heavy atom. The third-order valence-electron chi connectivity index (χ3n) is 4.10. The number of ketones is 1. The first-order valence-corrected chi connectivity index (χ1v) is 8.38. The monoisotopic (exact) mass is 346 g/mol. The summed E-state index contributed by atoms with van der Waals surface area (Å²) >= 11 is 0. The Balaban J connectivity index is 1.57. The molecule has 0 aromatic heterocycles. The molecule has 4 heteroatoms. The van der Waals surface area contributed by atoms with Gasteiger partial charge in [0.15, 0.2) is 5.76 Å². The summed E-state index contributed by atoms with van der Waals surface area (Å²) in [5, 5.41) is 0. The number of benzene rings is 2. The number of carbonyl (C=O) groups excluding carboxylic acids is 1. The Morgan fingerprint density at radius 1 is 1.23 bits per heavy atom. The molecule has 0 saturated carbocycles. The highest BCUT2D eigenvalue weighted by Crippen LogP contribution is 2.35. The van der Waals surface area contributed by atoms with Gasteiger partial charge in [0, 0.05) is 11.6 Å². The topological polar surface area (TPSA) is 44.8 Å². The van der Waals surface area contributed by atoms with Gasteiger partial charge in [0.2, 0.25) is 5.78 Å². The van der Waals surface area contributed by atoms with Crippen LogP contribution in [0.25, 0.3) is 6.08 Å². The van der Waals surface area contributed by atoms with Crippen molar-refractivity contribution in [2.75, 3.05) is 13.2 Å². The summed E-state index contributed by atoms with van der Waals surface area (Å²) in [5.74, 6) is 2.17. The zero-order chi connectivity index (χ0) is 18.1. The number of Topliss-reactive ketones (excluding diaryl/α,β-unsaturated/α-hetero) is 1. The lowest BCUT2D eigenvalue weighted by molar-refractivity contribution is 0.101. The molecule has 0 radical (unpaired) electrons. The van der Waals surface area contributed by atoms with E-state index in [1.165, 1.54) is 0 Å². The second-order valence-electron chi connectivity index (χ2n) is 6.39. The van der Waals surface area contributed by atoms with E-state index < -0.39 is 0 Å². The number of allylic oxidation sites excluding steroid dienone is 1. The molecule has 0 atom stereocenters. The third-order valence-corrected chi connectivity index (χ3v) is 4.10. The molecule has 2 aliphatic rings. The highest BCUT2D eigenvalue weighted by molar-refractivity contribution is 6.12. The molecule has 26 heavy (non-hydrogen) atoms. The highest BCUT2D eigenvalue weighted by Gasteiger charge is 2.28. The average Bonchev–Trinajstić information content (AvgIpc) is 2.95. The molecule has 0 unspecified atom stereocenters. The maximum atomic E-state index is 12.6. The minimum atomic E-state index is -0.133. The van der Waals surface area contributed by atoms with Crippen LogP contribution in [0.4, 0.5) is 0 Å².